The topological polar surface area (TPSA) is 36.4 Å². The third-order valence-corrected chi connectivity index (χ3v) is 1.76. The molecule has 0 aromatic carbocycles. The first-order valence-corrected chi connectivity index (χ1v) is 4.39. The zero-order valence-electron chi connectivity index (χ0n) is 7.91. The van der Waals surface area contributed by atoms with Gasteiger partial charge < -0.3 is 10.0 Å². The van der Waals surface area contributed by atoms with E-state index in [4.69, 9.17) is 5.11 Å². The molecule has 0 bridgehead atoms. The number of rotatable bonds is 5. The molecule has 6 heteroatoms. The van der Waals surface area contributed by atoms with Crippen molar-refractivity contribution in [3.8, 4) is 0 Å². The van der Waals surface area contributed by atoms with E-state index in [0.29, 0.717) is 0 Å². The Bertz CT molecular complexity index is 292. The van der Waals surface area contributed by atoms with E-state index in [9.17, 15) is 13.2 Å². The second-order valence-corrected chi connectivity index (χ2v) is 2.90. The van der Waals surface area contributed by atoms with Crippen molar-refractivity contribution in [3.05, 3.63) is 24.1 Å². The van der Waals surface area contributed by atoms with Crippen molar-refractivity contribution in [1.29, 1.82) is 0 Å². The number of alkyl halides is 2. The van der Waals surface area contributed by atoms with Crippen LogP contribution in [0, 0.1) is 5.82 Å². The van der Waals surface area contributed by atoms with Crippen molar-refractivity contribution < 1.29 is 18.3 Å². The standard InChI is InChI=1S/C9H11F3N2O/c10-7-1-2-9(13-5-7)14(3-4-15)6-8(11)12/h1-2,5,8,15H,3-4,6H2. The van der Waals surface area contributed by atoms with E-state index < -0.39 is 18.8 Å². The van der Waals surface area contributed by atoms with Gasteiger partial charge in [0, 0.05) is 6.54 Å². The van der Waals surface area contributed by atoms with Crippen LogP contribution in [0.2, 0.25) is 0 Å². The molecule has 0 saturated heterocycles. The molecule has 3 nitrogen and oxygen atoms in total. The average Bonchev–Trinajstić information content (AvgIpc) is 2.17. The quantitative estimate of drug-likeness (QED) is 0.812. The lowest BCUT2D eigenvalue weighted by Crippen LogP contribution is -2.32. The number of nitrogens with zero attached hydrogens (tertiary/aromatic N) is 2. The van der Waals surface area contributed by atoms with Crippen molar-refractivity contribution in [2.24, 2.45) is 0 Å². The van der Waals surface area contributed by atoms with Crippen LogP contribution in [0.5, 0.6) is 0 Å². The molecular formula is C9H11F3N2O. The first-order valence-electron chi connectivity index (χ1n) is 4.39. The highest BCUT2D eigenvalue weighted by molar-refractivity contribution is 5.37. The molecular weight excluding hydrogens is 209 g/mol. The minimum Gasteiger partial charge on any atom is -0.395 e. The summed E-state index contributed by atoms with van der Waals surface area (Å²) in [6, 6.07) is 2.44. The summed E-state index contributed by atoms with van der Waals surface area (Å²) in [6.45, 7) is -0.742. The van der Waals surface area contributed by atoms with E-state index in [1.807, 2.05) is 0 Å². The minimum atomic E-state index is -2.52. The molecule has 0 saturated carbocycles. The highest BCUT2D eigenvalue weighted by Gasteiger charge is 2.13. The van der Waals surface area contributed by atoms with Gasteiger partial charge in [0.15, 0.2) is 0 Å². The summed E-state index contributed by atoms with van der Waals surface area (Å²) >= 11 is 0. The monoisotopic (exact) mass is 220 g/mol. The van der Waals surface area contributed by atoms with Gasteiger partial charge in [-0.3, -0.25) is 0 Å². The molecule has 0 aliphatic rings. The highest BCUT2D eigenvalue weighted by atomic mass is 19.3. The van der Waals surface area contributed by atoms with Crippen LogP contribution in [-0.4, -0.2) is 36.2 Å². The molecule has 0 fully saturated rings. The van der Waals surface area contributed by atoms with Gasteiger partial charge in [0.25, 0.3) is 6.43 Å². The molecule has 0 aliphatic heterocycles. The number of aliphatic hydroxyl groups is 1. The summed E-state index contributed by atoms with van der Waals surface area (Å²) in [7, 11) is 0. The predicted molar refractivity (Wildman–Crippen MR) is 49.5 cm³/mol. The van der Waals surface area contributed by atoms with Crippen LogP contribution in [0.3, 0.4) is 0 Å². The average molecular weight is 220 g/mol. The number of anilines is 1. The van der Waals surface area contributed by atoms with Crippen LogP contribution in [0.1, 0.15) is 0 Å². The van der Waals surface area contributed by atoms with Gasteiger partial charge in [-0.1, -0.05) is 0 Å². The second-order valence-electron chi connectivity index (χ2n) is 2.90. The molecule has 1 aromatic heterocycles. The van der Waals surface area contributed by atoms with Crippen molar-refractivity contribution >= 4 is 5.82 Å². The van der Waals surface area contributed by atoms with Gasteiger partial charge in [0.05, 0.1) is 19.3 Å². The van der Waals surface area contributed by atoms with Crippen molar-refractivity contribution in [1.82, 2.24) is 4.98 Å². The second kappa shape index (κ2) is 5.55. The molecule has 0 atom stereocenters. The van der Waals surface area contributed by atoms with Crippen molar-refractivity contribution in [3.63, 3.8) is 0 Å². The summed E-state index contributed by atoms with van der Waals surface area (Å²) in [5, 5.41) is 8.68. The SMILES string of the molecule is OCCN(CC(F)F)c1ccc(F)cn1. The zero-order valence-corrected chi connectivity index (χ0v) is 7.91. The van der Waals surface area contributed by atoms with E-state index in [2.05, 4.69) is 4.98 Å². The van der Waals surface area contributed by atoms with Crippen LogP contribution in [0.15, 0.2) is 18.3 Å². The molecule has 0 spiro atoms. The van der Waals surface area contributed by atoms with E-state index in [-0.39, 0.29) is 19.0 Å². The molecule has 1 heterocycles. The van der Waals surface area contributed by atoms with E-state index in [0.717, 1.165) is 12.3 Å². The van der Waals surface area contributed by atoms with Crippen molar-refractivity contribution in [2.45, 2.75) is 6.43 Å². The molecule has 1 rings (SSSR count). The van der Waals surface area contributed by atoms with E-state index in [1.54, 1.807) is 0 Å². The van der Waals surface area contributed by atoms with Crippen LogP contribution < -0.4 is 4.90 Å². The number of aliphatic hydroxyl groups excluding tert-OH is 1. The number of aromatic nitrogens is 1. The van der Waals surface area contributed by atoms with Gasteiger partial charge >= 0.3 is 0 Å². The summed E-state index contributed by atoms with van der Waals surface area (Å²) in [6.07, 6.45) is -1.58. The van der Waals surface area contributed by atoms with Gasteiger partial charge in [0.2, 0.25) is 0 Å². The summed E-state index contributed by atoms with van der Waals surface area (Å²) in [4.78, 5) is 4.86. The van der Waals surface area contributed by atoms with Crippen LogP contribution in [0.4, 0.5) is 19.0 Å². The Balaban J connectivity index is 2.74. The third-order valence-electron chi connectivity index (χ3n) is 1.76. The first kappa shape index (κ1) is 11.8. The Hall–Kier alpha value is -1.30. The zero-order chi connectivity index (χ0) is 11.3. The fourth-order valence-corrected chi connectivity index (χ4v) is 1.14. The lowest BCUT2D eigenvalue weighted by molar-refractivity contribution is 0.152. The number of hydrogen-bond acceptors (Lipinski definition) is 3. The number of pyridine rings is 1. The van der Waals surface area contributed by atoms with Crippen LogP contribution >= 0.6 is 0 Å². The number of halogens is 3. The molecule has 0 aliphatic carbocycles. The molecule has 1 aromatic rings. The van der Waals surface area contributed by atoms with Crippen LogP contribution in [-0.2, 0) is 0 Å². The fourth-order valence-electron chi connectivity index (χ4n) is 1.14. The Morgan fingerprint density at radius 1 is 1.40 bits per heavy atom. The minimum absolute atomic E-state index is 0.0446. The van der Waals surface area contributed by atoms with Gasteiger partial charge in [-0.05, 0) is 12.1 Å². The first-order chi connectivity index (χ1) is 7.13. The molecule has 0 amide bonds. The Morgan fingerprint density at radius 2 is 2.13 bits per heavy atom. The predicted octanol–water partition coefficient (Wildman–Crippen LogP) is 1.28. The molecule has 1 N–H and O–H groups in total. The lowest BCUT2D eigenvalue weighted by Gasteiger charge is -2.21. The number of hydrogen-bond donors (Lipinski definition) is 1. The maximum Gasteiger partial charge on any atom is 0.255 e. The van der Waals surface area contributed by atoms with Gasteiger partial charge in [-0.2, -0.15) is 0 Å². The maximum atomic E-state index is 12.5. The van der Waals surface area contributed by atoms with Crippen molar-refractivity contribution in [2.75, 3.05) is 24.6 Å². The molecule has 0 unspecified atom stereocenters. The van der Waals surface area contributed by atoms with Gasteiger partial charge in [-0.15, -0.1) is 0 Å². The molecule has 0 radical (unpaired) electrons. The van der Waals surface area contributed by atoms with Gasteiger partial charge in [0.1, 0.15) is 11.6 Å². The molecule has 84 valence electrons. The Labute approximate surface area is 85.2 Å². The van der Waals surface area contributed by atoms with E-state index >= 15 is 0 Å². The normalized spacial score (nSPS) is 10.7. The Kier molecular flexibility index (Phi) is 4.36. The van der Waals surface area contributed by atoms with E-state index in [1.165, 1.54) is 11.0 Å². The smallest absolute Gasteiger partial charge is 0.255 e. The third kappa shape index (κ3) is 3.75. The van der Waals surface area contributed by atoms with Gasteiger partial charge in [-0.25, -0.2) is 18.2 Å². The maximum absolute atomic E-state index is 12.5. The summed E-state index contributed by atoms with van der Waals surface area (Å²) < 4.78 is 36.8. The summed E-state index contributed by atoms with van der Waals surface area (Å²) in [5.41, 5.74) is 0. The molecule has 15 heavy (non-hydrogen) atoms. The summed E-state index contributed by atoms with van der Waals surface area (Å²) in [5.74, 6) is -0.300. The largest absolute Gasteiger partial charge is 0.395 e. The highest BCUT2D eigenvalue weighted by Crippen LogP contribution is 2.12. The van der Waals surface area contributed by atoms with Crippen LogP contribution in [0.25, 0.3) is 0 Å². The Morgan fingerprint density at radius 3 is 2.60 bits per heavy atom. The lowest BCUT2D eigenvalue weighted by atomic mass is 10.4. The fraction of sp³-hybridized carbons (Fsp3) is 0.444.